The number of carbonyl (C=O) groups excluding carboxylic acids is 1. The fourth-order valence-electron chi connectivity index (χ4n) is 2.09. The van der Waals surface area contributed by atoms with Gasteiger partial charge in [-0.1, -0.05) is 12.1 Å². The Hall–Kier alpha value is -2.93. The minimum absolute atomic E-state index is 0.211. The highest BCUT2D eigenvalue weighted by Crippen LogP contribution is 2.31. The molecular formula is C18H13BrN2O4. The Kier molecular flexibility index (Phi) is 4.95. The van der Waals surface area contributed by atoms with Crippen LogP contribution in [-0.4, -0.2) is 29.4 Å². The van der Waals surface area contributed by atoms with Gasteiger partial charge in [-0.2, -0.15) is 0 Å². The summed E-state index contributed by atoms with van der Waals surface area (Å²) in [6.45, 7) is 0. The lowest BCUT2D eigenvalue weighted by atomic mass is 10.2. The molecule has 0 unspecified atom stereocenters. The molecule has 0 aliphatic rings. The Morgan fingerprint density at radius 1 is 1.24 bits per heavy atom. The molecule has 0 fully saturated rings. The van der Waals surface area contributed by atoms with Gasteiger partial charge in [-0.15, -0.1) is 0 Å². The molecule has 1 heterocycles. The lowest BCUT2D eigenvalue weighted by Gasteiger charge is -1.98. The number of ether oxygens (including phenoxy) is 1. The number of hydrogen-bond donors (Lipinski definition) is 1. The third-order valence-electron chi connectivity index (χ3n) is 3.36. The summed E-state index contributed by atoms with van der Waals surface area (Å²) < 4.78 is 10.7. The Bertz CT molecular complexity index is 933. The highest BCUT2D eigenvalue weighted by molar-refractivity contribution is 9.10. The highest BCUT2D eigenvalue weighted by Gasteiger charge is 2.14. The van der Waals surface area contributed by atoms with Gasteiger partial charge in [-0.05, 0) is 52.3 Å². The van der Waals surface area contributed by atoms with Crippen LogP contribution < -0.4 is 0 Å². The van der Waals surface area contributed by atoms with E-state index in [4.69, 9.17) is 4.42 Å². The first-order valence-electron chi connectivity index (χ1n) is 7.25. The molecule has 3 aromatic rings. The number of nitrogens with zero attached hydrogens (tertiary/aromatic N) is 2. The van der Waals surface area contributed by atoms with E-state index in [0.717, 1.165) is 10.0 Å². The number of carbonyl (C=O) groups is 1. The number of aromatic nitrogens is 1. The molecule has 0 radical (unpaired) electrons. The Balaban J connectivity index is 1.82. The molecule has 0 spiro atoms. The van der Waals surface area contributed by atoms with E-state index in [9.17, 15) is 9.90 Å². The molecule has 126 valence electrons. The topological polar surface area (TPSA) is 84.9 Å². The summed E-state index contributed by atoms with van der Waals surface area (Å²) in [5.41, 5.74) is 1.96. The lowest BCUT2D eigenvalue weighted by Crippen LogP contribution is -1.99. The zero-order chi connectivity index (χ0) is 17.8. The molecule has 1 N–H and O–H groups in total. The average molecular weight is 401 g/mol. The quantitative estimate of drug-likeness (QED) is 0.519. The number of hydrogen-bond acceptors (Lipinski definition) is 6. The number of aliphatic imine (C=N–C) groups is 1. The summed E-state index contributed by atoms with van der Waals surface area (Å²) in [6.07, 6.45) is 1.40. The van der Waals surface area contributed by atoms with Crippen molar-refractivity contribution in [3.63, 3.8) is 0 Å². The summed E-state index contributed by atoms with van der Waals surface area (Å²) in [5, 5.41) is 9.91. The van der Waals surface area contributed by atoms with Crippen LogP contribution in [0.1, 0.15) is 16.1 Å². The summed E-state index contributed by atoms with van der Waals surface area (Å²) in [4.78, 5) is 19.9. The largest absolute Gasteiger partial charge is 0.479 e. The molecule has 0 aliphatic heterocycles. The second kappa shape index (κ2) is 7.31. The Morgan fingerprint density at radius 2 is 1.96 bits per heavy atom. The van der Waals surface area contributed by atoms with Crippen molar-refractivity contribution >= 4 is 33.8 Å². The lowest BCUT2D eigenvalue weighted by molar-refractivity contribution is 0.0601. The third-order valence-corrected chi connectivity index (χ3v) is 4.05. The van der Waals surface area contributed by atoms with E-state index in [1.54, 1.807) is 24.3 Å². The zero-order valence-electron chi connectivity index (χ0n) is 13.1. The van der Waals surface area contributed by atoms with E-state index in [1.165, 1.54) is 13.3 Å². The van der Waals surface area contributed by atoms with Gasteiger partial charge in [0.25, 0.3) is 0 Å². The molecular weight excluding hydrogens is 388 g/mol. The van der Waals surface area contributed by atoms with Crippen LogP contribution in [0.25, 0.3) is 11.5 Å². The zero-order valence-corrected chi connectivity index (χ0v) is 14.7. The molecule has 1 aromatic heterocycles. The SMILES string of the molecule is COC(=O)c1ccc(N=Cc2nc(-c3ccccc3Br)oc2O)cc1. The van der Waals surface area contributed by atoms with Crippen molar-refractivity contribution in [2.45, 2.75) is 0 Å². The second-order valence-electron chi connectivity index (χ2n) is 4.99. The van der Waals surface area contributed by atoms with Crippen molar-refractivity contribution < 1.29 is 19.1 Å². The van der Waals surface area contributed by atoms with Crippen LogP contribution in [0.5, 0.6) is 5.95 Å². The van der Waals surface area contributed by atoms with Crippen LogP contribution in [0.2, 0.25) is 0 Å². The standard InChI is InChI=1S/C18H13BrN2O4/c1-24-17(22)11-6-8-12(9-7-11)20-10-15-18(23)25-16(21-15)13-4-2-3-5-14(13)19/h2-10,23H,1H3. The molecule has 0 aliphatic carbocycles. The van der Waals surface area contributed by atoms with Gasteiger partial charge in [0, 0.05) is 4.47 Å². The maximum atomic E-state index is 11.4. The number of methoxy groups -OCH3 is 1. The minimum atomic E-state index is -0.414. The van der Waals surface area contributed by atoms with Gasteiger partial charge >= 0.3 is 11.9 Å². The molecule has 3 rings (SSSR count). The monoisotopic (exact) mass is 400 g/mol. The number of aromatic hydroxyl groups is 1. The van der Waals surface area contributed by atoms with Crippen molar-refractivity contribution in [1.29, 1.82) is 0 Å². The number of rotatable bonds is 4. The molecule has 7 heteroatoms. The summed E-state index contributed by atoms with van der Waals surface area (Å²) in [7, 11) is 1.32. The van der Waals surface area contributed by atoms with E-state index in [-0.39, 0.29) is 17.5 Å². The van der Waals surface area contributed by atoms with Gasteiger partial charge in [0.2, 0.25) is 5.89 Å². The highest BCUT2D eigenvalue weighted by atomic mass is 79.9. The first kappa shape index (κ1) is 16.9. The van der Waals surface area contributed by atoms with Crippen molar-refractivity contribution in [2.24, 2.45) is 4.99 Å². The molecule has 6 nitrogen and oxygen atoms in total. The average Bonchev–Trinajstić information content (AvgIpc) is 3.00. The molecule has 25 heavy (non-hydrogen) atoms. The van der Waals surface area contributed by atoms with E-state index >= 15 is 0 Å². The molecule has 0 saturated carbocycles. The van der Waals surface area contributed by atoms with Crippen LogP contribution in [0.15, 0.2) is 62.4 Å². The van der Waals surface area contributed by atoms with Gasteiger partial charge in [0.05, 0.1) is 30.1 Å². The van der Waals surface area contributed by atoms with Gasteiger partial charge in [-0.25, -0.2) is 9.78 Å². The van der Waals surface area contributed by atoms with Crippen LogP contribution in [0, 0.1) is 0 Å². The van der Waals surface area contributed by atoms with Crippen LogP contribution in [-0.2, 0) is 4.74 Å². The summed E-state index contributed by atoms with van der Waals surface area (Å²) >= 11 is 3.41. The minimum Gasteiger partial charge on any atom is -0.479 e. The van der Waals surface area contributed by atoms with Crippen molar-refractivity contribution in [2.75, 3.05) is 7.11 Å². The molecule has 0 amide bonds. The number of oxazole rings is 1. The van der Waals surface area contributed by atoms with Crippen LogP contribution in [0.3, 0.4) is 0 Å². The Morgan fingerprint density at radius 3 is 2.64 bits per heavy atom. The molecule has 2 aromatic carbocycles. The van der Waals surface area contributed by atoms with Gasteiger partial charge in [0.15, 0.2) is 5.69 Å². The fraction of sp³-hybridized carbons (Fsp3) is 0.0556. The fourth-order valence-corrected chi connectivity index (χ4v) is 2.55. The van der Waals surface area contributed by atoms with Crippen molar-refractivity contribution in [1.82, 2.24) is 4.98 Å². The predicted molar refractivity (Wildman–Crippen MR) is 96.3 cm³/mol. The van der Waals surface area contributed by atoms with Gasteiger partial charge < -0.3 is 14.3 Å². The van der Waals surface area contributed by atoms with Gasteiger partial charge in [-0.3, -0.25) is 4.99 Å². The first-order chi connectivity index (χ1) is 12.1. The van der Waals surface area contributed by atoms with Gasteiger partial charge in [0.1, 0.15) is 0 Å². The summed E-state index contributed by atoms with van der Waals surface area (Å²) in [6, 6.07) is 13.9. The van der Waals surface area contributed by atoms with Crippen molar-refractivity contribution in [3.05, 3.63) is 64.3 Å². The van der Waals surface area contributed by atoms with E-state index in [1.807, 2.05) is 24.3 Å². The maximum absolute atomic E-state index is 11.4. The number of benzene rings is 2. The van der Waals surface area contributed by atoms with Crippen molar-refractivity contribution in [3.8, 4) is 17.4 Å². The van der Waals surface area contributed by atoms with E-state index in [2.05, 4.69) is 30.6 Å². The second-order valence-corrected chi connectivity index (χ2v) is 5.84. The maximum Gasteiger partial charge on any atom is 0.337 e. The third kappa shape index (κ3) is 3.77. The normalized spacial score (nSPS) is 11.0. The molecule has 0 atom stereocenters. The summed E-state index contributed by atoms with van der Waals surface area (Å²) in [5.74, 6) is -0.448. The predicted octanol–water partition coefficient (Wildman–Crippen LogP) is 4.35. The van der Waals surface area contributed by atoms with E-state index in [0.29, 0.717) is 11.3 Å². The molecule has 0 bridgehead atoms. The molecule has 0 saturated heterocycles. The van der Waals surface area contributed by atoms with E-state index < -0.39 is 5.97 Å². The number of esters is 1. The van der Waals surface area contributed by atoms with Crippen LogP contribution in [0.4, 0.5) is 5.69 Å². The Labute approximate surface area is 151 Å². The number of halogens is 1. The smallest absolute Gasteiger partial charge is 0.337 e. The first-order valence-corrected chi connectivity index (χ1v) is 8.05. The van der Waals surface area contributed by atoms with Crippen LogP contribution >= 0.6 is 15.9 Å².